The summed E-state index contributed by atoms with van der Waals surface area (Å²) in [6.07, 6.45) is 2.90. The number of nitrogens with one attached hydrogen (secondary N) is 1. The molecule has 0 radical (unpaired) electrons. The zero-order valence-electron chi connectivity index (χ0n) is 14.8. The summed E-state index contributed by atoms with van der Waals surface area (Å²) >= 11 is 17.8. The molecule has 3 rings (SSSR count). The number of amides is 1. The zero-order valence-corrected chi connectivity index (χ0v) is 17.1. The monoisotopic (exact) mass is 454 g/mol. The molecule has 1 aromatic heterocycles. The van der Waals surface area contributed by atoms with Crippen molar-refractivity contribution in [1.82, 2.24) is 9.78 Å². The Morgan fingerprint density at radius 3 is 2.59 bits per heavy atom. The van der Waals surface area contributed by atoms with Gasteiger partial charge in [0, 0.05) is 23.4 Å². The molecule has 1 unspecified atom stereocenters. The first-order valence-corrected chi connectivity index (χ1v) is 9.29. The SMILES string of the molecule is CC(C(=O)Nc1cc(Oc2ccc(Cl)cc2Cl)cc([N+](=O)[O-])c1)n1cc(Cl)cn1. The number of carbonyl (C=O) groups excluding carboxylic acids is 1. The van der Waals surface area contributed by atoms with Gasteiger partial charge < -0.3 is 10.1 Å². The van der Waals surface area contributed by atoms with Crippen molar-refractivity contribution in [3.05, 3.63) is 74.0 Å². The second-order valence-corrected chi connectivity index (χ2v) is 7.23. The highest BCUT2D eigenvalue weighted by molar-refractivity contribution is 6.35. The van der Waals surface area contributed by atoms with Gasteiger partial charge in [-0.05, 0) is 25.1 Å². The molecule has 150 valence electrons. The van der Waals surface area contributed by atoms with E-state index in [1.54, 1.807) is 13.0 Å². The van der Waals surface area contributed by atoms with Gasteiger partial charge in [0.2, 0.25) is 5.91 Å². The van der Waals surface area contributed by atoms with E-state index in [0.29, 0.717) is 10.0 Å². The molecule has 0 spiro atoms. The number of hydrogen-bond donors (Lipinski definition) is 1. The lowest BCUT2D eigenvalue weighted by Gasteiger charge is -2.14. The Bertz CT molecular complexity index is 1090. The third kappa shape index (κ3) is 5.17. The number of hydrogen-bond acceptors (Lipinski definition) is 5. The predicted molar refractivity (Wildman–Crippen MR) is 110 cm³/mol. The predicted octanol–water partition coefficient (Wildman–Crippen LogP) is 5.74. The molecular weight excluding hydrogens is 443 g/mol. The summed E-state index contributed by atoms with van der Waals surface area (Å²) in [5.74, 6) is -0.0670. The van der Waals surface area contributed by atoms with Crippen molar-refractivity contribution in [2.24, 2.45) is 0 Å². The number of non-ortho nitro benzene ring substituents is 1. The molecule has 11 heteroatoms. The number of rotatable bonds is 6. The van der Waals surface area contributed by atoms with E-state index in [1.165, 1.54) is 47.4 Å². The van der Waals surface area contributed by atoms with Gasteiger partial charge in [-0.2, -0.15) is 5.10 Å². The summed E-state index contributed by atoms with van der Waals surface area (Å²) in [5, 5.41) is 18.9. The first-order valence-electron chi connectivity index (χ1n) is 8.16. The molecule has 1 amide bonds. The maximum absolute atomic E-state index is 12.5. The van der Waals surface area contributed by atoms with Gasteiger partial charge in [0.25, 0.3) is 5.69 Å². The molecule has 0 aliphatic carbocycles. The van der Waals surface area contributed by atoms with Crippen LogP contribution < -0.4 is 10.1 Å². The van der Waals surface area contributed by atoms with Gasteiger partial charge >= 0.3 is 0 Å². The van der Waals surface area contributed by atoms with Crippen LogP contribution >= 0.6 is 34.8 Å². The summed E-state index contributed by atoms with van der Waals surface area (Å²) in [5.41, 5.74) is -0.0907. The van der Waals surface area contributed by atoms with Crippen LogP contribution in [0.5, 0.6) is 11.5 Å². The van der Waals surface area contributed by atoms with Crippen molar-refractivity contribution in [1.29, 1.82) is 0 Å². The average Bonchev–Trinajstić information content (AvgIpc) is 3.09. The van der Waals surface area contributed by atoms with Crippen LogP contribution in [0.1, 0.15) is 13.0 Å². The number of nitro groups is 1. The van der Waals surface area contributed by atoms with E-state index >= 15 is 0 Å². The Hall–Kier alpha value is -2.81. The minimum Gasteiger partial charge on any atom is -0.455 e. The minimum absolute atomic E-state index is 0.119. The van der Waals surface area contributed by atoms with E-state index in [1.807, 2.05) is 0 Å². The average molecular weight is 456 g/mol. The molecule has 0 fully saturated rings. The lowest BCUT2D eigenvalue weighted by atomic mass is 10.2. The first-order chi connectivity index (χ1) is 13.7. The van der Waals surface area contributed by atoms with E-state index in [9.17, 15) is 14.9 Å². The molecule has 0 saturated carbocycles. The second-order valence-electron chi connectivity index (χ2n) is 5.95. The lowest BCUT2D eigenvalue weighted by Crippen LogP contribution is -2.24. The Balaban J connectivity index is 1.86. The molecule has 1 heterocycles. The van der Waals surface area contributed by atoms with Crippen molar-refractivity contribution in [3.63, 3.8) is 0 Å². The van der Waals surface area contributed by atoms with Gasteiger partial charge in [-0.3, -0.25) is 19.6 Å². The van der Waals surface area contributed by atoms with E-state index in [4.69, 9.17) is 39.5 Å². The number of carbonyl (C=O) groups is 1. The largest absolute Gasteiger partial charge is 0.455 e. The number of ether oxygens (including phenoxy) is 1. The number of aromatic nitrogens is 2. The van der Waals surface area contributed by atoms with Gasteiger partial charge in [0.15, 0.2) is 0 Å². The third-order valence-electron chi connectivity index (χ3n) is 3.84. The number of nitro benzene ring substituents is 1. The standard InChI is InChI=1S/C18H13Cl3N4O4/c1-10(24-9-12(20)8-22-24)18(26)23-13-5-14(25(27)28)7-15(6-13)29-17-3-2-11(19)4-16(17)21/h2-10H,1H3,(H,23,26). The van der Waals surface area contributed by atoms with Gasteiger partial charge in [-0.15, -0.1) is 0 Å². The molecule has 0 aliphatic rings. The molecule has 0 aliphatic heterocycles. The van der Waals surface area contributed by atoms with E-state index in [-0.39, 0.29) is 27.9 Å². The van der Waals surface area contributed by atoms with Crippen molar-refractivity contribution < 1.29 is 14.5 Å². The Morgan fingerprint density at radius 1 is 1.21 bits per heavy atom. The van der Waals surface area contributed by atoms with Crippen LogP contribution in [0.3, 0.4) is 0 Å². The minimum atomic E-state index is -0.697. The summed E-state index contributed by atoms with van der Waals surface area (Å²) < 4.78 is 7.02. The third-order valence-corrected chi connectivity index (χ3v) is 4.56. The van der Waals surface area contributed by atoms with Gasteiger partial charge in [0.05, 0.1) is 32.9 Å². The molecule has 2 aromatic carbocycles. The molecule has 1 N–H and O–H groups in total. The highest BCUT2D eigenvalue weighted by Crippen LogP contribution is 2.34. The van der Waals surface area contributed by atoms with Gasteiger partial charge in [-0.1, -0.05) is 34.8 Å². The van der Waals surface area contributed by atoms with Crippen molar-refractivity contribution in [2.75, 3.05) is 5.32 Å². The summed E-state index contributed by atoms with van der Waals surface area (Å²) in [7, 11) is 0. The molecule has 1 atom stereocenters. The quantitative estimate of drug-likeness (QED) is 0.377. The number of benzene rings is 2. The second kappa shape index (κ2) is 8.69. The summed E-state index contributed by atoms with van der Waals surface area (Å²) in [6.45, 7) is 1.61. The Morgan fingerprint density at radius 2 is 1.97 bits per heavy atom. The molecular formula is C18H13Cl3N4O4. The van der Waals surface area contributed by atoms with E-state index in [2.05, 4.69) is 10.4 Å². The van der Waals surface area contributed by atoms with Crippen LogP contribution in [-0.2, 0) is 4.79 Å². The summed E-state index contributed by atoms with van der Waals surface area (Å²) in [6, 6.07) is 7.77. The van der Waals surface area contributed by atoms with Crippen LogP contribution in [0.15, 0.2) is 48.8 Å². The maximum atomic E-state index is 12.5. The smallest absolute Gasteiger partial charge is 0.275 e. The van der Waals surface area contributed by atoms with Gasteiger partial charge in [-0.25, -0.2) is 0 Å². The first kappa shape index (κ1) is 20.9. The molecule has 29 heavy (non-hydrogen) atoms. The van der Waals surface area contributed by atoms with Crippen molar-refractivity contribution in [2.45, 2.75) is 13.0 Å². The lowest BCUT2D eigenvalue weighted by molar-refractivity contribution is -0.384. The van der Waals surface area contributed by atoms with E-state index in [0.717, 1.165) is 0 Å². The van der Waals surface area contributed by atoms with Gasteiger partial charge in [0.1, 0.15) is 17.5 Å². The highest BCUT2D eigenvalue weighted by Gasteiger charge is 2.19. The fraction of sp³-hybridized carbons (Fsp3) is 0.111. The molecule has 0 bridgehead atoms. The van der Waals surface area contributed by atoms with Crippen molar-refractivity contribution >= 4 is 52.1 Å². The maximum Gasteiger partial charge on any atom is 0.275 e. The highest BCUT2D eigenvalue weighted by atomic mass is 35.5. The topological polar surface area (TPSA) is 99.3 Å². The van der Waals surface area contributed by atoms with Crippen LogP contribution in [0, 0.1) is 10.1 Å². The number of nitrogens with zero attached hydrogens (tertiary/aromatic N) is 3. The molecule has 0 saturated heterocycles. The number of anilines is 1. The van der Waals surface area contributed by atoms with Crippen molar-refractivity contribution in [3.8, 4) is 11.5 Å². The fourth-order valence-corrected chi connectivity index (χ4v) is 2.99. The van der Waals surface area contributed by atoms with E-state index < -0.39 is 16.9 Å². The van der Waals surface area contributed by atoms with Crippen LogP contribution in [0.25, 0.3) is 0 Å². The van der Waals surface area contributed by atoms with Crippen LogP contribution in [0.2, 0.25) is 15.1 Å². The summed E-state index contributed by atoms with van der Waals surface area (Å²) in [4.78, 5) is 23.2. The van der Waals surface area contributed by atoms with Crippen LogP contribution in [0.4, 0.5) is 11.4 Å². The Kier molecular flexibility index (Phi) is 6.26. The molecule has 8 nitrogen and oxygen atoms in total. The fourth-order valence-electron chi connectivity index (χ4n) is 2.40. The zero-order chi connectivity index (χ0) is 21.1. The Labute approximate surface area is 180 Å². The molecule has 3 aromatic rings. The number of halogens is 3. The normalized spacial score (nSPS) is 11.7. The van der Waals surface area contributed by atoms with Crippen LogP contribution in [-0.4, -0.2) is 20.6 Å².